The number of nitrogens with zero attached hydrogens (tertiary/aromatic N) is 2. The first kappa shape index (κ1) is 14.4. The molecule has 0 radical (unpaired) electrons. The number of fused-ring (bicyclic) bond motifs is 2. The van der Waals surface area contributed by atoms with Gasteiger partial charge in [-0.25, -0.2) is 4.39 Å². The highest BCUT2D eigenvalue weighted by Gasteiger charge is 2.36. The average Bonchev–Trinajstić information content (AvgIpc) is 3.14. The minimum Gasteiger partial charge on any atom is -0.300 e. The fourth-order valence-electron chi connectivity index (χ4n) is 4.41. The molecule has 0 unspecified atom stereocenters. The largest absolute Gasteiger partial charge is 0.300 e. The summed E-state index contributed by atoms with van der Waals surface area (Å²) in [6.45, 7) is 6.86. The van der Waals surface area contributed by atoms with Gasteiger partial charge >= 0.3 is 0 Å². The number of rotatable bonds is 4. The molecule has 1 aromatic carbocycles. The van der Waals surface area contributed by atoms with Gasteiger partial charge in [-0.05, 0) is 48.3 Å². The van der Waals surface area contributed by atoms with Gasteiger partial charge in [-0.1, -0.05) is 24.3 Å². The van der Waals surface area contributed by atoms with Gasteiger partial charge in [0.15, 0.2) is 0 Å². The van der Waals surface area contributed by atoms with Gasteiger partial charge in [-0.2, -0.15) is 0 Å². The summed E-state index contributed by atoms with van der Waals surface area (Å²) < 4.78 is 12.9. The van der Waals surface area contributed by atoms with Crippen molar-refractivity contribution < 1.29 is 4.39 Å². The van der Waals surface area contributed by atoms with E-state index in [-0.39, 0.29) is 5.82 Å². The van der Waals surface area contributed by atoms with Crippen molar-refractivity contribution in [1.29, 1.82) is 0 Å². The van der Waals surface area contributed by atoms with Crippen molar-refractivity contribution in [2.45, 2.75) is 19.4 Å². The fourth-order valence-corrected chi connectivity index (χ4v) is 4.41. The standard InChI is InChI=1S/C19H25FN2/c20-19-5-2-15(3-6-19)13-21-7-9-22(10-8-21)14-18-12-16-1-4-17(18)11-16/h1-6,16-18H,7-14H2/t16-,17-,18+/m0/s1. The maximum absolute atomic E-state index is 12.9. The van der Waals surface area contributed by atoms with E-state index in [2.05, 4.69) is 22.0 Å². The van der Waals surface area contributed by atoms with Gasteiger partial charge in [-0.15, -0.1) is 0 Å². The Bertz CT molecular complexity index is 531. The SMILES string of the molecule is Fc1ccc(CN2CCN(C[C@H]3C[C@H]4C=C[C@H]3C4)CC2)cc1. The first-order valence-electron chi connectivity index (χ1n) is 8.64. The Hall–Kier alpha value is -1.19. The number of benzene rings is 1. The van der Waals surface area contributed by atoms with Gasteiger partial charge < -0.3 is 4.90 Å². The summed E-state index contributed by atoms with van der Waals surface area (Å²) in [4.78, 5) is 5.14. The maximum Gasteiger partial charge on any atom is 0.123 e. The number of halogens is 1. The lowest BCUT2D eigenvalue weighted by Crippen LogP contribution is -2.47. The second-order valence-electron chi connectivity index (χ2n) is 7.24. The Labute approximate surface area is 132 Å². The number of hydrogen-bond donors (Lipinski definition) is 0. The second-order valence-corrected chi connectivity index (χ2v) is 7.24. The molecular weight excluding hydrogens is 275 g/mol. The summed E-state index contributed by atoms with van der Waals surface area (Å²) in [6.07, 6.45) is 7.72. The topological polar surface area (TPSA) is 6.48 Å². The summed E-state index contributed by atoms with van der Waals surface area (Å²) in [7, 11) is 0. The minimum absolute atomic E-state index is 0.145. The molecule has 1 aliphatic heterocycles. The Kier molecular flexibility index (Phi) is 4.01. The monoisotopic (exact) mass is 300 g/mol. The van der Waals surface area contributed by atoms with Crippen molar-refractivity contribution in [3.8, 4) is 0 Å². The summed E-state index contributed by atoms with van der Waals surface area (Å²) in [5, 5.41) is 0. The van der Waals surface area contributed by atoms with E-state index in [1.54, 1.807) is 12.1 Å². The van der Waals surface area contributed by atoms with E-state index in [4.69, 9.17) is 0 Å². The average molecular weight is 300 g/mol. The predicted molar refractivity (Wildman–Crippen MR) is 87.0 cm³/mol. The van der Waals surface area contributed by atoms with E-state index in [1.165, 1.54) is 38.0 Å². The normalized spacial score (nSPS) is 32.0. The minimum atomic E-state index is -0.145. The number of allylic oxidation sites excluding steroid dienone is 2. The maximum atomic E-state index is 12.9. The Morgan fingerprint density at radius 2 is 1.64 bits per heavy atom. The summed E-state index contributed by atoms with van der Waals surface area (Å²) in [6, 6.07) is 6.94. The van der Waals surface area contributed by atoms with Crippen molar-refractivity contribution in [2.75, 3.05) is 32.7 Å². The molecule has 118 valence electrons. The molecule has 3 heteroatoms. The van der Waals surface area contributed by atoms with Crippen LogP contribution in [0.15, 0.2) is 36.4 Å². The molecule has 1 saturated carbocycles. The zero-order valence-electron chi connectivity index (χ0n) is 13.1. The molecule has 0 spiro atoms. The van der Waals surface area contributed by atoms with Crippen LogP contribution in [0, 0.1) is 23.6 Å². The highest BCUT2D eigenvalue weighted by atomic mass is 19.1. The van der Waals surface area contributed by atoms with Crippen LogP contribution in [-0.2, 0) is 6.54 Å². The van der Waals surface area contributed by atoms with Crippen molar-refractivity contribution in [3.05, 3.63) is 47.8 Å². The van der Waals surface area contributed by atoms with Crippen molar-refractivity contribution in [1.82, 2.24) is 9.80 Å². The number of hydrogen-bond acceptors (Lipinski definition) is 2. The van der Waals surface area contributed by atoms with Crippen LogP contribution in [0.4, 0.5) is 4.39 Å². The smallest absolute Gasteiger partial charge is 0.123 e. The van der Waals surface area contributed by atoms with Crippen LogP contribution < -0.4 is 0 Å². The van der Waals surface area contributed by atoms with Crippen LogP contribution in [0.25, 0.3) is 0 Å². The van der Waals surface area contributed by atoms with E-state index in [9.17, 15) is 4.39 Å². The third-order valence-electron chi connectivity index (χ3n) is 5.69. The third-order valence-corrected chi connectivity index (χ3v) is 5.69. The second kappa shape index (κ2) is 6.13. The molecule has 2 aliphatic carbocycles. The molecule has 1 saturated heterocycles. The molecular formula is C19H25FN2. The highest BCUT2D eigenvalue weighted by Crippen LogP contribution is 2.43. The molecule has 2 bridgehead atoms. The van der Waals surface area contributed by atoms with Gasteiger partial charge in [0, 0.05) is 39.3 Å². The molecule has 22 heavy (non-hydrogen) atoms. The van der Waals surface area contributed by atoms with Gasteiger partial charge in [0.25, 0.3) is 0 Å². The zero-order valence-corrected chi connectivity index (χ0v) is 13.1. The quantitative estimate of drug-likeness (QED) is 0.788. The highest BCUT2D eigenvalue weighted by molar-refractivity contribution is 5.16. The molecule has 3 aliphatic rings. The Morgan fingerprint density at radius 1 is 0.909 bits per heavy atom. The van der Waals surface area contributed by atoms with Crippen LogP contribution in [0.2, 0.25) is 0 Å². The van der Waals surface area contributed by atoms with Crippen LogP contribution in [0.5, 0.6) is 0 Å². The molecule has 3 atom stereocenters. The van der Waals surface area contributed by atoms with Gasteiger partial charge in [0.1, 0.15) is 5.82 Å². The van der Waals surface area contributed by atoms with Crippen molar-refractivity contribution >= 4 is 0 Å². The van der Waals surface area contributed by atoms with Crippen LogP contribution in [-0.4, -0.2) is 42.5 Å². The molecule has 1 heterocycles. The van der Waals surface area contributed by atoms with Gasteiger partial charge in [-0.3, -0.25) is 4.90 Å². The van der Waals surface area contributed by atoms with Crippen LogP contribution in [0.1, 0.15) is 18.4 Å². The van der Waals surface area contributed by atoms with Crippen molar-refractivity contribution in [3.63, 3.8) is 0 Å². The van der Waals surface area contributed by atoms with Crippen LogP contribution in [0.3, 0.4) is 0 Å². The first-order valence-corrected chi connectivity index (χ1v) is 8.64. The van der Waals surface area contributed by atoms with E-state index in [0.717, 1.165) is 37.4 Å². The van der Waals surface area contributed by atoms with Gasteiger partial charge in [0.2, 0.25) is 0 Å². The third kappa shape index (κ3) is 3.11. The first-order chi connectivity index (χ1) is 10.8. The lowest BCUT2D eigenvalue weighted by Gasteiger charge is -2.37. The molecule has 2 nitrogen and oxygen atoms in total. The molecule has 4 rings (SSSR count). The van der Waals surface area contributed by atoms with Crippen LogP contribution >= 0.6 is 0 Å². The number of piperazine rings is 1. The van der Waals surface area contributed by atoms with Gasteiger partial charge in [0.05, 0.1) is 0 Å². The summed E-state index contributed by atoms with van der Waals surface area (Å²) >= 11 is 0. The zero-order chi connectivity index (χ0) is 14.9. The summed E-state index contributed by atoms with van der Waals surface area (Å²) in [5.74, 6) is 2.50. The Morgan fingerprint density at radius 3 is 2.27 bits per heavy atom. The molecule has 0 N–H and O–H groups in total. The van der Waals surface area contributed by atoms with E-state index in [0.29, 0.717) is 0 Å². The summed E-state index contributed by atoms with van der Waals surface area (Å²) in [5.41, 5.74) is 1.22. The van der Waals surface area contributed by atoms with E-state index >= 15 is 0 Å². The fraction of sp³-hybridized carbons (Fsp3) is 0.579. The lowest BCUT2D eigenvalue weighted by molar-refractivity contribution is 0.108. The molecule has 0 aromatic heterocycles. The van der Waals surface area contributed by atoms with E-state index in [1.807, 2.05) is 12.1 Å². The molecule has 2 fully saturated rings. The molecule has 0 amide bonds. The lowest BCUT2D eigenvalue weighted by atomic mass is 9.93. The predicted octanol–water partition coefficient (Wildman–Crippen LogP) is 3.16. The Balaban J connectivity index is 1.24. The van der Waals surface area contributed by atoms with Crippen molar-refractivity contribution in [2.24, 2.45) is 17.8 Å². The van der Waals surface area contributed by atoms with E-state index < -0.39 is 0 Å². The molecule has 1 aromatic rings.